The molecule has 0 bridgehead atoms. The first kappa shape index (κ1) is 13.8. The first-order valence-electron chi connectivity index (χ1n) is 6.20. The zero-order valence-electron chi connectivity index (χ0n) is 11.4. The molecule has 1 aromatic carbocycles. The molecular formula is C14H16N4O2. The fourth-order valence-corrected chi connectivity index (χ4v) is 1.97. The Morgan fingerprint density at radius 2 is 1.90 bits per heavy atom. The number of anilines is 1. The minimum Gasteiger partial charge on any atom is -0.494 e. The lowest BCUT2D eigenvalue weighted by atomic mass is 10.0. The minimum atomic E-state index is -0.577. The van der Waals surface area contributed by atoms with Crippen LogP contribution in [0.2, 0.25) is 0 Å². The normalized spacial score (nSPS) is 10.3. The van der Waals surface area contributed by atoms with Gasteiger partial charge in [-0.1, -0.05) is 0 Å². The van der Waals surface area contributed by atoms with Gasteiger partial charge in [0.05, 0.1) is 23.6 Å². The molecule has 0 spiro atoms. The van der Waals surface area contributed by atoms with Crippen molar-refractivity contribution in [3.05, 3.63) is 35.5 Å². The van der Waals surface area contributed by atoms with E-state index >= 15 is 0 Å². The van der Waals surface area contributed by atoms with Gasteiger partial charge in [-0.3, -0.25) is 4.79 Å². The van der Waals surface area contributed by atoms with E-state index in [-0.39, 0.29) is 11.5 Å². The largest absolute Gasteiger partial charge is 0.494 e. The molecule has 0 radical (unpaired) electrons. The number of hydrogen-bond acceptors (Lipinski definition) is 5. The van der Waals surface area contributed by atoms with Gasteiger partial charge < -0.3 is 16.2 Å². The monoisotopic (exact) mass is 272 g/mol. The van der Waals surface area contributed by atoms with Crippen molar-refractivity contribution in [2.24, 2.45) is 5.73 Å². The lowest BCUT2D eigenvalue weighted by molar-refractivity contribution is 0.0999. The number of nitrogens with zero attached hydrogens (tertiary/aromatic N) is 2. The second-order valence-electron chi connectivity index (χ2n) is 4.21. The number of ether oxygens (including phenoxy) is 1. The molecule has 0 atom stereocenters. The highest BCUT2D eigenvalue weighted by atomic mass is 16.5. The van der Waals surface area contributed by atoms with Crippen molar-refractivity contribution in [3.63, 3.8) is 0 Å². The number of hydrogen-bond donors (Lipinski definition) is 2. The number of benzene rings is 1. The van der Waals surface area contributed by atoms with Crippen LogP contribution in [0.15, 0.2) is 24.3 Å². The molecule has 4 N–H and O–H groups in total. The summed E-state index contributed by atoms with van der Waals surface area (Å²) in [5.41, 5.74) is 13.0. The van der Waals surface area contributed by atoms with Crippen molar-refractivity contribution in [2.45, 2.75) is 13.8 Å². The van der Waals surface area contributed by atoms with E-state index in [1.54, 1.807) is 31.2 Å². The lowest BCUT2D eigenvalue weighted by Crippen LogP contribution is -2.17. The SMILES string of the molecule is CCOc1ccc(-c2nc(N)nc(C)c2C(N)=O)cc1. The van der Waals surface area contributed by atoms with Gasteiger partial charge >= 0.3 is 0 Å². The molecule has 0 aliphatic carbocycles. The highest BCUT2D eigenvalue weighted by Crippen LogP contribution is 2.26. The predicted molar refractivity (Wildman–Crippen MR) is 76.3 cm³/mol. The van der Waals surface area contributed by atoms with Crippen molar-refractivity contribution in [2.75, 3.05) is 12.3 Å². The number of nitrogens with two attached hydrogens (primary N) is 2. The van der Waals surface area contributed by atoms with Crippen LogP contribution >= 0.6 is 0 Å². The fraction of sp³-hybridized carbons (Fsp3) is 0.214. The van der Waals surface area contributed by atoms with Crippen LogP contribution in [0.25, 0.3) is 11.3 Å². The zero-order valence-corrected chi connectivity index (χ0v) is 11.4. The van der Waals surface area contributed by atoms with E-state index in [4.69, 9.17) is 16.2 Å². The van der Waals surface area contributed by atoms with Crippen LogP contribution in [0.1, 0.15) is 23.0 Å². The fourth-order valence-electron chi connectivity index (χ4n) is 1.97. The Hall–Kier alpha value is -2.63. The number of amides is 1. The summed E-state index contributed by atoms with van der Waals surface area (Å²) >= 11 is 0. The summed E-state index contributed by atoms with van der Waals surface area (Å²) in [6, 6.07) is 7.21. The van der Waals surface area contributed by atoms with Crippen molar-refractivity contribution in [1.82, 2.24) is 9.97 Å². The van der Waals surface area contributed by atoms with Gasteiger partial charge in [-0.05, 0) is 38.1 Å². The Morgan fingerprint density at radius 1 is 1.25 bits per heavy atom. The van der Waals surface area contributed by atoms with Crippen LogP contribution in [0, 0.1) is 6.92 Å². The van der Waals surface area contributed by atoms with Crippen LogP contribution < -0.4 is 16.2 Å². The molecule has 0 aliphatic rings. The van der Waals surface area contributed by atoms with Crippen LogP contribution in [0.5, 0.6) is 5.75 Å². The molecule has 1 aromatic heterocycles. The number of aryl methyl sites for hydroxylation is 1. The van der Waals surface area contributed by atoms with E-state index in [2.05, 4.69) is 9.97 Å². The molecule has 2 rings (SSSR count). The Morgan fingerprint density at radius 3 is 2.45 bits per heavy atom. The smallest absolute Gasteiger partial charge is 0.252 e. The summed E-state index contributed by atoms with van der Waals surface area (Å²) in [5.74, 6) is 0.276. The summed E-state index contributed by atoms with van der Waals surface area (Å²) in [6.07, 6.45) is 0. The van der Waals surface area contributed by atoms with Gasteiger partial charge in [0.2, 0.25) is 5.95 Å². The molecule has 6 nitrogen and oxygen atoms in total. The first-order valence-corrected chi connectivity index (χ1v) is 6.20. The first-order chi connectivity index (χ1) is 9.52. The summed E-state index contributed by atoms with van der Waals surface area (Å²) in [6.45, 7) is 4.18. The van der Waals surface area contributed by atoms with Crippen LogP contribution in [0.3, 0.4) is 0 Å². The van der Waals surface area contributed by atoms with Crippen molar-refractivity contribution in [3.8, 4) is 17.0 Å². The minimum absolute atomic E-state index is 0.108. The third kappa shape index (κ3) is 2.69. The van der Waals surface area contributed by atoms with E-state index in [9.17, 15) is 4.79 Å². The van der Waals surface area contributed by atoms with Gasteiger partial charge in [-0.25, -0.2) is 9.97 Å². The van der Waals surface area contributed by atoms with Gasteiger partial charge in [0.1, 0.15) is 5.75 Å². The third-order valence-corrected chi connectivity index (χ3v) is 2.79. The summed E-state index contributed by atoms with van der Waals surface area (Å²) in [4.78, 5) is 19.7. The van der Waals surface area contributed by atoms with E-state index in [1.165, 1.54) is 0 Å². The van der Waals surface area contributed by atoms with Crippen molar-refractivity contribution < 1.29 is 9.53 Å². The Kier molecular flexibility index (Phi) is 3.84. The molecule has 0 saturated heterocycles. The average Bonchev–Trinajstić information content (AvgIpc) is 2.38. The molecule has 20 heavy (non-hydrogen) atoms. The van der Waals surface area contributed by atoms with Gasteiger partial charge in [-0.2, -0.15) is 0 Å². The molecule has 0 fully saturated rings. The highest BCUT2D eigenvalue weighted by Gasteiger charge is 2.17. The topological polar surface area (TPSA) is 104 Å². The summed E-state index contributed by atoms with van der Waals surface area (Å²) in [5, 5.41) is 0. The predicted octanol–water partition coefficient (Wildman–Crippen LogP) is 1.53. The third-order valence-electron chi connectivity index (χ3n) is 2.79. The second kappa shape index (κ2) is 5.56. The number of rotatable bonds is 4. The number of carbonyl (C=O) groups is 1. The number of primary amides is 1. The highest BCUT2D eigenvalue weighted by molar-refractivity contribution is 6.00. The van der Waals surface area contributed by atoms with Gasteiger partial charge in [-0.15, -0.1) is 0 Å². The van der Waals surface area contributed by atoms with Gasteiger partial charge in [0.25, 0.3) is 5.91 Å². The second-order valence-corrected chi connectivity index (χ2v) is 4.21. The molecule has 104 valence electrons. The Labute approximate surface area is 116 Å². The van der Waals surface area contributed by atoms with Crippen LogP contribution in [-0.2, 0) is 0 Å². The molecule has 0 unspecified atom stereocenters. The maximum absolute atomic E-state index is 11.6. The lowest BCUT2D eigenvalue weighted by Gasteiger charge is -2.10. The number of aromatic nitrogens is 2. The number of nitrogen functional groups attached to an aromatic ring is 1. The maximum Gasteiger partial charge on any atom is 0.252 e. The summed E-state index contributed by atoms with van der Waals surface area (Å²) < 4.78 is 5.37. The van der Waals surface area contributed by atoms with Gasteiger partial charge in [0.15, 0.2) is 0 Å². The maximum atomic E-state index is 11.6. The standard InChI is InChI=1S/C14H16N4O2/c1-3-20-10-6-4-9(5-7-10)12-11(13(15)19)8(2)17-14(16)18-12/h4-7H,3H2,1-2H3,(H2,15,19)(H2,16,17,18). The van der Waals surface area contributed by atoms with E-state index in [0.717, 1.165) is 11.3 Å². The molecule has 6 heteroatoms. The zero-order chi connectivity index (χ0) is 14.7. The molecule has 0 saturated carbocycles. The molecule has 0 aliphatic heterocycles. The van der Waals surface area contributed by atoms with E-state index in [0.29, 0.717) is 18.0 Å². The van der Waals surface area contributed by atoms with Crippen LogP contribution in [-0.4, -0.2) is 22.5 Å². The van der Waals surface area contributed by atoms with Gasteiger partial charge in [0, 0.05) is 5.56 Å². The quantitative estimate of drug-likeness (QED) is 0.878. The molecular weight excluding hydrogens is 256 g/mol. The number of carbonyl (C=O) groups excluding carboxylic acids is 1. The van der Waals surface area contributed by atoms with Crippen LogP contribution in [0.4, 0.5) is 5.95 Å². The van der Waals surface area contributed by atoms with E-state index in [1.807, 2.05) is 6.92 Å². The molecule has 2 aromatic rings. The average molecular weight is 272 g/mol. The van der Waals surface area contributed by atoms with E-state index < -0.39 is 5.91 Å². The summed E-state index contributed by atoms with van der Waals surface area (Å²) in [7, 11) is 0. The van der Waals surface area contributed by atoms with Crippen molar-refractivity contribution in [1.29, 1.82) is 0 Å². The Balaban J connectivity index is 2.53. The molecule has 1 amide bonds. The molecule has 1 heterocycles. The Bertz CT molecular complexity index is 638. The van der Waals surface area contributed by atoms with Crippen molar-refractivity contribution >= 4 is 11.9 Å².